The van der Waals surface area contributed by atoms with E-state index in [2.05, 4.69) is 168 Å². The molecule has 4 nitrogen and oxygen atoms in total. The molecule has 0 unspecified atom stereocenters. The van der Waals surface area contributed by atoms with Gasteiger partial charge in [0, 0.05) is 0 Å². The molecule has 0 aliphatic carbocycles. The molecule has 51 heavy (non-hydrogen) atoms. The van der Waals surface area contributed by atoms with Gasteiger partial charge in [0.2, 0.25) is 0 Å². The molecular weight excluding hydrogens is 683 g/mol. The predicted molar refractivity (Wildman–Crippen MR) is 212 cm³/mol. The van der Waals surface area contributed by atoms with Crippen molar-refractivity contribution in [1.82, 2.24) is 14.5 Å². The zero-order valence-corrected chi connectivity index (χ0v) is 29.6. The van der Waals surface area contributed by atoms with E-state index in [0.29, 0.717) is 5.95 Å². The van der Waals surface area contributed by atoms with Crippen LogP contribution in [0, 0.1) is 0 Å². The first kappa shape index (κ1) is 28.6. The molecule has 0 atom stereocenters. The number of benzene rings is 7. The molecule has 3 aromatic heterocycles. The van der Waals surface area contributed by atoms with E-state index in [1.54, 1.807) is 0 Å². The van der Waals surface area contributed by atoms with E-state index in [1.165, 1.54) is 23.3 Å². The Morgan fingerprint density at radius 3 is 1.86 bits per heavy atom. The van der Waals surface area contributed by atoms with E-state index >= 15 is 0 Å². The minimum absolute atomic E-state index is 0.681. The topological polar surface area (TPSA) is 43.9 Å². The number of hydrogen-bond acceptors (Lipinski definition) is 3. The summed E-state index contributed by atoms with van der Waals surface area (Å²) in [6.45, 7) is 0. The summed E-state index contributed by atoms with van der Waals surface area (Å²) >= 11 is -3.70. The van der Waals surface area contributed by atoms with Gasteiger partial charge in [0.15, 0.2) is 0 Å². The maximum absolute atomic E-state index is 6.39. The Bertz CT molecular complexity index is 2930. The fourth-order valence-corrected chi connectivity index (χ4v) is 19.1. The maximum atomic E-state index is 6.39. The second kappa shape index (κ2) is 10.9. The van der Waals surface area contributed by atoms with Crippen LogP contribution in [0.5, 0.6) is 0 Å². The molecule has 0 spiro atoms. The van der Waals surface area contributed by atoms with Gasteiger partial charge < -0.3 is 0 Å². The van der Waals surface area contributed by atoms with Crippen molar-refractivity contribution in [2.24, 2.45) is 0 Å². The summed E-state index contributed by atoms with van der Waals surface area (Å²) in [5.74, 6) is 0.681. The Morgan fingerprint density at radius 1 is 0.471 bits per heavy atom. The molecule has 0 amide bonds. The molecule has 1 aliphatic rings. The monoisotopic (exact) mass is 713 g/mol. The Labute approximate surface area is 296 Å². The number of para-hydroxylation sites is 2. The first-order chi connectivity index (χ1) is 25.3. The van der Waals surface area contributed by atoms with Gasteiger partial charge in [-0.15, -0.1) is 0 Å². The summed E-state index contributed by atoms with van der Waals surface area (Å²) in [5, 5.41) is 4.53. The second-order valence-corrected chi connectivity index (χ2v) is 21.0. The average Bonchev–Trinajstić information content (AvgIpc) is 3.85. The summed E-state index contributed by atoms with van der Waals surface area (Å²) in [6, 6.07) is 63.1. The zero-order chi connectivity index (χ0) is 33.5. The van der Waals surface area contributed by atoms with Gasteiger partial charge in [0.1, 0.15) is 0 Å². The summed E-state index contributed by atoms with van der Waals surface area (Å²) in [4.78, 5) is 11.4. The number of furan rings is 1. The van der Waals surface area contributed by atoms with Crippen molar-refractivity contribution in [2.45, 2.75) is 0 Å². The summed E-state index contributed by atoms with van der Waals surface area (Å²) < 4.78 is 13.9. The second-order valence-electron chi connectivity index (χ2n) is 13.3. The van der Waals surface area contributed by atoms with Crippen LogP contribution in [-0.4, -0.2) is 27.8 Å². The van der Waals surface area contributed by atoms with E-state index in [1.807, 2.05) is 12.1 Å². The third kappa shape index (κ3) is 3.91. The Hall–Kier alpha value is -6.24. The Kier molecular flexibility index (Phi) is 6.10. The van der Waals surface area contributed by atoms with E-state index in [0.717, 1.165) is 60.6 Å². The first-order valence-corrected chi connectivity index (χ1v) is 21.5. The van der Waals surface area contributed by atoms with Crippen LogP contribution >= 0.6 is 0 Å². The van der Waals surface area contributed by atoms with Crippen LogP contribution in [0.1, 0.15) is 0 Å². The van der Waals surface area contributed by atoms with Gasteiger partial charge in [-0.3, -0.25) is 0 Å². The third-order valence-corrected chi connectivity index (χ3v) is 20.6. The van der Waals surface area contributed by atoms with E-state index in [4.69, 9.17) is 14.4 Å². The fourth-order valence-electron chi connectivity index (χ4n) is 8.65. The number of fused-ring (bicyclic) bond motifs is 10. The van der Waals surface area contributed by atoms with Gasteiger partial charge in [-0.25, -0.2) is 0 Å². The normalized spacial score (nSPS) is 13.3. The van der Waals surface area contributed by atoms with Gasteiger partial charge in [-0.2, -0.15) is 0 Å². The number of nitrogens with zero attached hydrogens (tertiary/aromatic N) is 3. The summed E-state index contributed by atoms with van der Waals surface area (Å²) in [5.41, 5.74) is 8.32. The molecule has 238 valence electrons. The molecule has 0 N–H and O–H groups in total. The average molecular weight is 712 g/mol. The van der Waals surface area contributed by atoms with Crippen molar-refractivity contribution in [3.63, 3.8) is 0 Å². The van der Waals surface area contributed by atoms with Crippen molar-refractivity contribution >= 4 is 74.7 Å². The van der Waals surface area contributed by atoms with Crippen molar-refractivity contribution in [1.29, 1.82) is 0 Å². The van der Waals surface area contributed by atoms with Crippen LogP contribution in [0.3, 0.4) is 0 Å². The Morgan fingerprint density at radius 2 is 1.10 bits per heavy atom. The van der Waals surface area contributed by atoms with E-state index in [9.17, 15) is 0 Å². The first-order valence-electron chi connectivity index (χ1n) is 17.3. The van der Waals surface area contributed by atoms with Crippen LogP contribution < -0.4 is 17.7 Å². The number of aromatic nitrogens is 3. The molecule has 1 aliphatic heterocycles. The predicted octanol–water partition coefficient (Wildman–Crippen LogP) is 8.50. The SMILES string of the molecule is c1ccc(-c2nc(-n3c4ccccc4c4c5c(ccc43)oc3ccccc35)n[c]3c2-c2cccc[c]2[Ge]3([c]2ccccc2)[c]2ccccc2)cc1. The molecule has 0 bridgehead atoms. The van der Waals surface area contributed by atoms with Gasteiger partial charge >= 0.3 is 298 Å². The van der Waals surface area contributed by atoms with Crippen molar-refractivity contribution in [3.8, 4) is 28.3 Å². The van der Waals surface area contributed by atoms with Gasteiger partial charge in [0.05, 0.1) is 0 Å². The van der Waals surface area contributed by atoms with Crippen LogP contribution in [0.15, 0.2) is 180 Å². The molecule has 7 aromatic carbocycles. The quantitative estimate of drug-likeness (QED) is 0.172. The van der Waals surface area contributed by atoms with Crippen LogP contribution in [0.25, 0.3) is 72.1 Å². The van der Waals surface area contributed by atoms with Gasteiger partial charge in [-0.05, 0) is 0 Å². The molecule has 11 rings (SSSR count). The van der Waals surface area contributed by atoms with Crippen LogP contribution in [-0.2, 0) is 0 Å². The molecule has 0 saturated heterocycles. The molecule has 5 heteroatoms. The molecule has 10 aromatic rings. The molecular formula is C46H29GeN3O. The standard InChI is InChI=1S/C46H29GeN3O/c1-4-16-30(17-5-1)44-43-33-22-10-13-25-36(33)47(31-18-6-2-7-19-31,32-20-8-3-9-21-32)45(43)49-46(48-44)50-37-26-14-11-23-34(37)41-38(50)28-29-40-42(41)35-24-12-15-27-39(35)51-40/h1-29H. The van der Waals surface area contributed by atoms with Gasteiger partial charge in [0.25, 0.3) is 0 Å². The Balaban J connectivity index is 1.33. The van der Waals surface area contributed by atoms with Gasteiger partial charge in [-0.1, -0.05) is 0 Å². The third-order valence-electron chi connectivity index (χ3n) is 10.7. The number of rotatable bonds is 4. The molecule has 4 heterocycles. The van der Waals surface area contributed by atoms with Crippen molar-refractivity contribution < 1.29 is 4.42 Å². The van der Waals surface area contributed by atoms with Crippen LogP contribution in [0.4, 0.5) is 0 Å². The van der Waals surface area contributed by atoms with Crippen molar-refractivity contribution in [2.75, 3.05) is 0 Å². The van der Waals surface area contributed by atoms with Crippen molar-refractivity contribution in [3.05, 3.63) is 176 Å². The zero-order valence-electron chi connectivity index (χ0n) is 27.5. The summed E-state index contributed by atoms with van der Waals surface area (Å²) in [7, 11) is 0. The summed E-state index contributed by atoms with van der Waals surface area (Å²) in [6.07, 6.45) is 0. The molecule has 0 saturated carbocycles. The molecule has 0 fully saturated rings. The molecule has 0 radical (unpaired) electrons. The van der Waals surface area contributed by atoms with E-state index in [-0.39, 0.29) is 0 Å². The minimum atomic E-state index is -3.70. The van der Waals surface area contributed by atoms with Crippen LogP contribution in [0.2, 0.25) is 0 Å². The number of hydrogen-bond donors (Lipinski definition) is 0. The van der Waals surface area contributed by atoms with E-state index < -0.39 is 13.3 Å². The fraction of sp³-hybridized carbons (Fsp3) is 0.